The van der Waals surface area contributed by atoms with Crippen LogP contribution in [0.5, 0.6) is 0 Å². The highest BCUT2D eigenvalue weighted by Crippen LogP contribution is 2.19. The number of anilines is 2. The average Bonchev–Trinajstić information content (AvgIpc) is 2.45. The first-order chi connectivity index (χ1) is 9.31. The van der Waals surface area contributed by atoms with Crippen LogP contribution in [0, 0.1) is 11.3 Å². The molecule has 0 amide bonds. The maximum atomic E-state index is 8.74. The van der Waals surface area contributed by atoms with Crippen LogP contribution in [-0.4, -0.2) is 21.5 Å². The third kappa shape index (κ3) is 3.39. The van der Waals surface area contributed by atoms with Crippen molar-refractivity contribution >= 4 is 11.6 Å². The zero-order chi connectivity index (χ0) is 13.5. The normalized spacial score (nSPS) is 9.84. The predicted molar refractivity (Wildman–Crippen MR) is 72.0 cm³/mol. The SMILES string of the molecule is N#CCCN(Cc1cccnc1)c1nccnc1N. The van der Waals surface area contributed by atoms with Gasteiger partial charge in [0.25, 0.3) is 0 Å². The van der Waals surface area contributed by atoms with Gasteiger partial charge in [0.15, 0.2) is 11.6 Å². The molecule has 2 rings (SSSR count). The van der Waals surface area contributed by atoms with Crippen LogP contribution < -0.4 is 10.6 Å². The predicted octanol–water partition coefficient (Wildman–Crippen LogP) is 1.37. The summed E-state index contributed by atoms with van der Waals surface area (Å²) in [5, 5.41) is 8.74. The smallest absolute Gasteiger partial charge is 0.171 e. The van der Waals surface area contributed by atoms with E-state index in [0.29, 0.717) is 31.1 Å². The first kappa shape index (κ1) is 12.8. The highest BCUT2D eigenvalue weighted by atomic mass is 15.2. The van der Waals surface area contributed by atoms with Gasteiger partial charge in [-0.15, -0.1) is 0 Å². The van der Waals surface area contributed by atoms with E-state index in [1.807, 2.05) is 17.0 Å². The molecule has 0 aliphatic heterocycles. The van der Waals surface area contributed by atoms with Gasteiger partial charge in [-0.05, 0) is 11.6 Å². The highest BCUT2D eigenvalue weighted by Gasteiger charge is 2.12. The molecular formula is C13H14N6. The van der Waals surface area contributed by atoms with Crippen LogP contribution in [0.4, 0.5) is 11.6 Å². The van der Waals surface area contributed by atoms with Gasteiger partial charge in [-0.25, -0.2) is 9.97 Å². The molecule has 2 aromatic heterocycles. The Kier molecular flexibility index (Phi) is 4.24. The molecule has 0 unspecified atom stereocenters. The van der Waals surface area contributed by atoms with Gasteiger partial charge >= 0.3 is 0 Å². The van der Waals surface area contributed by atoms with Crippen molar-refractivity contribution in [3.8, 4) is 6.07 Å². The topological polar surface area (TPSA) is 91.7 Å². The summed E-state index contributed by atoms with van der Waals surface area (Å²) in [5.74, 6) is 0.964. The molecule has 0 aromatic carbocycles. The van der Waals surface area contributed by atoms with Gasteiger partial charge in [0.1, 0.15) is 0 Å². The number of aromatic nitrogens is 3. The zero-order valence-corrected chi connectivity index (χ0v) is 10.4. The Labute approximate surface area is 111 Å². The van der Waals surface area contributed by atoms with E-state index in [4.69, 9.17) is 11.0 Å². The summed E-state index contributed by atoms with van der Waals surface area (Å²) in [7, 11) is 0. The maximum absolute atomic E-state index is 8.74. The Hall–Kier alpha value is -2.68. The Morgan fingerprint density at radius 3 is 2.79 bits per heavy atom. The molecule has 2 N–H and O–H groups in total. The molecule has 2 heterocycles. The fourth-order valence-electron chi connectivity index (χ4n) is 1.74. The quantitative estimate of drug-likeness (QED) is 0.866. The van der Waals surface area contributed by atoms with E-state index in [9.17, 15) is 0 Å². The Balaban J connectivity index is 2.22. The third-order valence-electron chi connectivity index (χ3n) is 2.60. The van der Waals surface area contributed by atoms with Crippen molar-refractivity contribution in [2.24, 2.45) is 0 Å². The van der Waals surface area contributed by atoms with Crippen LogP contribution in [-0.2, 0) is 6.54 Å². The largest absolute Gasteiger partial charge is 0.381 e. The molecule has 96 valence electrons. The van der Waals surface area contributed by atoms with Gasteiger partial charge in [0, 0.05) is 37.9 Å². The second-order valence-corrected chi connectivity index (χ2v) is 3.96. The Morgan fingerprint density at radius 2 is 2.11 bits per heavy atom. The van der Waals surface area contributed by atoms with Gasteiger partial charge in [0.2, 0.25) is 0 Å². The van der Waals surface area contributed by atoms with E-state index in [1.54, 1.807) is 24.8 Å². The number of nitriles is 1. The molecule has 0 atom stereocenters. The van der Waals surface area contributed by atoms with Crippen molar-refractivity contribution in [3.63, 3.8) is 0 Å². The average molecular weight is 254 g/mol. The van der Waals surface area contributed by atoms with Gasteiger partial charge in [0.05, 0.1) is 12.5 Å². The lowest BCUT2D eigenvalue weighted by Crippen LogP contribution is -2.26. The highest BCUT2D eigenvalue weighted by molar-refractivity contribution is 5.57. The van der Waals surface area contributed by atoms with Crippen molar-refractivity contribution in [1.29, 1.82) is 5.26 Å². The summed E-state index contributed by atoms with van der Waals surface area (Å²) in [6, 6.07) is 5.97. The molecule has 6 nitrogen and oxygen atoms in total. The van der Waals surface area contributed by atoms with Crippen LogP contribution in [0.25, 0.3) is 0 Å². The summed E-state index contributed by atoms with van der Waals surface area (Å²) < 4.78 is 0. The van der Waals surface area contributed by atoms with Crippen LogP contribution in [0.1, 0.15) is 12.0 Å². The van der Waals surface area contributed by atoms with E-state index in [2.05, 4.69) is 21.0 Å². The number of nitrogens with two attached hydrogens (primary N) is 1. The molecule has 0 saturated carbocycles. The standard InChI is InChI=1S/C13H14N6/c14-4-2-8-19(10-11-3-1-5-16-9-11)13-12(15)17-6-7-18-13/h1,3,5-7,9H,2,8,10H2,(H2,15,17). The summed E-state index contributed by atoms with van der Waals surface area (Å²) in [4.78, 5) is 14.3. The molecule has 0 radical (unpaired) electrons. The van der Waals surface area contributed by atoms with Gasteiger partial charge in [-0.3, -0.25) is 4.98 Å². The first-order valence-electron chi connectivity index (χ1n) is 5.88. The zero-order valence-electron chi connectivity index (χ0n) is 10.4. The van der Waals surface area contributed by atoms with Crippen LogP contribution in [0.3, 0.4) is 0 Å². The number of rotatable bonds is 5. The molecule has 6 heteroatoms. The van der Waals surface area contributed by atoms with E-state index in [-0.39, 0.29) is 0 Å². The number of nitrogen functional groups attached to an aromatic ring is 1. The molecule has 0 spiro atoms. The molecule has 19 heavy (non-hydrogen) atoms. The summed E-state index contributed by atoms with van der Waals surface area (Å²) in [6.45, 7) is 1.15. The third-order valence-corrected chi connectivity index (χ3v) is 2.60. The van der Waals surface area contributed by atoms with E-state index in [0.717, 1.165) is 5.56 Å². The summed E-state index contributed by atoms with van der Waals surface area (Å²) in [6.07, 6.45) is 7.04. The first-order valence-corrected chi connectivity index (χ1v) is 5.88. The van der Waals surface area contributed by atoms with Crippen LogP contribution >= 0.6 is 0 Å². The molecule has 0 aliphatic rings. The number of hydrogen-bond donors (Lipinski definition) is 1. The fraction of sp³-hybridized carbons (Fsp3) is 0.231. The summed E-state index contributed by atoms with van der Waals surface area (Å²) >= 11 is 0. The lowest BCUT2D eigenvalue weighted by atomic mass is 10.2. The molecular weight excluding hydrogens is 240 g/mol. The monoisotopic (exact) mass is 254 g/mol. The van der Waals surface area contributed by atoms with Crippen molar-refractivity contribution in [3.05, 3.63) is 42.5 Å². The maximum Gasteiger partial charge on any atom is 0.171 e. The van der Waals surface area contributed by atoms with E-state index < -0.39 is 0 Å². The van der Waals surface area contributed by atoms with Crippen molar-refractivity contribution in [1.82, 2.24) is 15.0 Å². The van der Waals surface area contributed by atoms with Crippen LogP contribution in [0.2, 0.25) is 0 Å². The number of pyridine rings is 1. The lowest BCUT2D eigenvalue weighted by Gasteiger charge is -2.23. The fourth-order valence-corrected chi connectivity index (χ4v) is 1.74. The van der Waals surface area contributed by atoms with Gasteiger partial charge in [-0.2, -0.15) is 5.26 Å². The summed E-state index contributed by atoms with van der Waals surface area (Å²) in [5.41, 5.74) is 6.87. The second-order valence-electron chi connectivity index (χ2n) is 3.96. The van der Waals surface area contributed by atoms with E-state index in [1.165, 1.54) is 0 Å². The molecule has 0 saturated heterocycles. The Morgan fingerprint density at radius 1 is 1.26 bits per heavy atom. The van der Waals surface area contributed by atoms with Crippen molar-refractivity contribution < 1.29 is 0 Å². The van der Waals surface area contributed by atoms with Crippen LogP contribution in [0.15, 0.2) is 36.9 Å². The van der Waals surface area contributed by atoms with Gasteiger partial charge < -0.3 is 10.6 Å². The number of nitrogens with zero attached hydrogens (tertiary/aromatic N) is 5. The Bertz CT molecular complexity index is 563. The molecule has 0 aliphatic carbocycles. The second kappa shape index (κ2) is 6.31. The molecule has 0 fully saturated rings. The molecule has 2 aromatic rings. The minimum atomic E-state index is 0.365. The minimum Gasteiger partial charge on any atom is -0.381 e. The number of hydrogen-bond acceptors (Lipinski definition) is 6. The van der Waals surface area contributed by atoms with Gasteiger partial charge in [-0.1, -0.05) is 6.07 Å². The van der Waals surface area contributed by atoms with Crippen molar-refractivity contribution in [2.75, 3.05) is 17.2 Å². The molecule has 0 bridgehead atoms. The lowest BCUT2D eigenvalue weighted by molar-refractivity contribution is 0.779. The van der Waals surface area contributed by atoms with Crippen molar-refractivity contribution in [2.45, 2.75) is 13.0 Å². The van der Waals surface area contributed by atoms with E-state index >= 15 is 0 Å². The minimum absolute atomic E-state index is 0.365.